The maximum atomic E-state index is 12.4. The SMILES string of the molecule is CCCCCCCCOC(=O)c1ccccc1C(=O)OCCCCCCCC.Oc1c2ccccc2c(O)c2ccccc12. The van der Waals surface area contributed by atoms with Crippen LogP contribution in [0.5, 0.6) is 11.5 Å². The number of fused-ring (bicyclic) bond motifs is 2. The number of hydrogen-bond acceptors (Lipinski definition) is 6. The summed E-state index contributed by atoms with van der Waals surface area (Å²) in [6, 6.07) is 21.3. The van der Waals surface area contributed by atoms with E-state index in [1.807, 2.05) is 24.3 Å². The summed E-state index contributed by atoms with van der Waals surface area (Å²) >= 11 is 0. The van der Waals surface area contributed by atoms with Crippen molar-refractivity contribution in [3.63, 3.8) is 0 Å². The van der Waals surface area contributed by atoms with Gasteiger partial charge in [0, 0.05) is 21.5 Å². The van der Waals surface area contributed by atoms with Crippen molar-refractivity contribution < 1.29 is 29.3 Å². The van der Waals surface area contributed by atoms with Gasteiger partial charge in [-0.1, -0.05) is 139 Å². The van der Waals surface area contributed by atoms with Gasteiger partial charge in [0.1, 0.15) is 11.5 Å². The zero-order chi connectivity index (χ0) is 31.6. The first-order chi connectivity index (χ1) is 21.5. The topological polar surface area (TPSA) is 93.1 Å². The molecular formula is C38H48O6. The average Bonchev–Trinajstić information content (AvgIpc) is 3.06. The van der Waals surface area contributed by atoms with Crippen LogP contribution < -0.4 is 0 Å². The molecule has 0 saturated heterocycles. The largest absolute Gasteiger partial charge is 0.507 e. The van der Waals surface area contributed by atoms with Crippen LogP contribution in [0.1, 0.15) is 112 Å². The highest BCUT2D eigenvalue weighted by Crippen LogP contribution is 2.40. The minimum absolute atomic E-state index is 0.226. The molecule has 0 heterocycles. The zero-order valence-corrected chi connectivity index (χ0v) is 26.4. The van der Waals surface area contributed by atoms with E-state index in [2.05, 4.69) is 13.8 Å². The lowest BCUT2D eigenvalue weighted by Crippen LogP contribution is -2.15. The number of carbonyl (C=O) groups is 2. The van der Waals surface area contributed by atoms with Crippen LogP contribution in [0.25, 0.3) is 21.5 Å². The van der Waals surface area contributed by atoms with E-state index in [0.29, 0.717) is 45.9 Å². The molecular weight excluding hydrogens is 552 g/mol. The Kier molecular flexibility index (Phi) is 15.1. The third-order valence-electron chi connectivity index (χ3n) is 7.70. The summed E-state index contributed by atoms with van der Waals surface area (Å²) in [6.45, 7) is 5.17. The van der Waals surface area contributed by atoms with Crippen molar-refractivity contribution in [3.8, 4) is 11.5 Å². The number of hydrogen-bond donors (Lipinski definition) is 2. The van der Waals surface area contributed by atoms with Gasteiger partial charge < -0.3 is 19.7 Å². The van der Waals surface area contributed by atoms with Crippen LogP contribution in [0.3, 0.4) is 0 Å². The third-order valence-corrected chi connectivity index (χ3v) is 7.70. The monoisotopic (exact) mass is 600 g/mol. The lowest BCUT2D eigenvalue weighted by molar-refractivity contribution is 0.0450. The molecule has 6 heteroatoms. The Labute approximate surface area is 262 Å². The Morgan fingerprint density at radius 2 is 0.773 bits per heavy atom. The minimum Gasteiger partial charge on any atom is -0.507 e. The number of aromatic hydroxyl groups is 2. The van der Waals surface area contributed by atoms with E-state index < -0.39 is 11.9 Å². The Morgan fingerprint density at radius 1 is 0.477 bits per heavy atom. The van der Waals surface area contributed by atoms with Gasteiger partial charge in [0.15, 0.2) is 0 Å². The second kappa shape index (κ2) is 19.3. The molecule has 0 bridgehead atoms. The lowest BCUT2D eigenvalue weighted by Gasteiger charge is -2.10. The zero-order valence-electron chi connectivity index (χ0n) is 26.4. The molecule has 2 N–H and O–H groups in total. The van der Waals surface area contributed by atoms with Crippen LogP contribution in [0.15, 0.2) is 72.8 Å². The average molecular weight is 601 g/mol. The Morgan fingerprint density at radius 3 is 1.11 bits per heavy atom. The highest BCUT2D eigenvalue weighted by atomic mass is 16.5. The number of benzene rings is 4. The fraction of sp³-hybridized carbons (Fsp3) is 0.421. The van der Waals surface area contributed by atoms with E-state index in [9.17, 15) is 19.8 Å². The van der Waals surface area contributed by atoms with Gasteiger partial charge in [-0.2, -0.15) is 0 Å². The molecule has 4 rings (SSSR count). The molecule has 0 saturated carbocycles. The Balaban J connectivity index is 0.000000275. The highest BCUT2D eigenvalue weighted by Gasteiger charge is 2.19. The summed E-state index contributed by atoms with van der Waals surface area (Å²) in [6.07, 6.45) is 13.6. The van der Waals surface area contributed by atoms with Gasteiger partial charge in [-0.25, -0.2) is 9.59 Å². The molecule has 0 aliphatic carbocycles. The van der Waals surface area contributed by atoms with E-state index in [4.69, 9.17) is 9.47 Å². The summed E-state index contributed by atoms with van der Waals surface area (Å²) in [5.74, 6) is -0.436. The fourth-order valence-corrected chi connectivity index (χ4v) is 5.17. The summed E-state index contributed by atoms with van der Waals surface area (Å²) in [7, 11) is 0. The van der Waals surface area contributed by atoms with Crippen LogP contribution in [-0.4, -0.2) is 35.4 Å². The lowest BCUT2D eigenvalue weighted by atomic mass is 10.0. The van der Waals surface area contributed by atoms with Crippen LogP contribution >= 0.6 is 0 Å². The first kappa shape index (κ1) is 34.4. The molecule has 0 amide bonds. The number of carbonyl (C=O) groups excluding carboxylic acids is 2. The van der Waals surface area contributed by atoms with Gasteiger partial charge in [0.2, 0.25) is 0 Å². The summed E-state index contributed by atoms with van der Waals surface area (Å²) in [4.78, 5) is 24.7. The van der Waals surface area contributed by atoms with Crippen molar-refractivity contribution >= 4 is 33.5 Å². The van der Waals surface area contributed by atoms with Gasteiger partial charge >= 0.3 is 11.9 Å². The fourth-order valence-electron chi connectivity index (χ4n) is 5.17. The Hall–Kier alpha value is -4.06. The van der Waals surface area contributed by atoms with Crippen molar-refractivity contribution in [3.05, 3.63) is 83.9 Å². The molecule has 0 aliphatic heterocycles. The maximum Gasteiger partial charge on any atom is 0.339 e. The minimum atomic E-state index is -0.444. The van der Waals surface area contributed by atoms with Gasteiger partial charge in [-0.05, 0) is 25.0 Å². The predicted molar refractivity (Wildman–Crippen MR) is 179 cm³/mol. The summed E-state index contributed by atoms with van der Waals surface area (Å²) in [5, 5.41) is 23.0. The van der Waals surface area contributed by atoms with Gasteiger partial charge in [0.05, 0.1) is 24.3 Å². The van der Waals surface area contributed by atoms with E-state index in [0.717, 1.165) is 25.7 Å². The maximum absolute atomic E-state index is 12.4. The number of esters is 2. The van der Waals surface area contributed by atoms with Crippen molar-refractivity contribution in [2.24, 2.45) is 0 Å². The summed E-state index contributed by atoms with van der Waals surface area (Å²) < 4.78 is 10.7. The number of unbranched alkanes of at least 4 members (excludes halogenated alkanes) is 10. The van der Waals surface area contributed by atoms with Crippen molar-refractivity contribution in [2.45, 2.75) is 90.9 Å². The molecule has 4 aromatic carbocycles. The van der Waals surface area contributed by atoms with Gasteiger partial charge in [0.25, 0.3) is 0 Å². The molecule has 0 unspecified atom stereocenters. The molecule has 0 fully saturated rings. The van der Waals surface area contributed by atoms with Crippen LogP contribution in [0.4, 0.5) is 0 Å². The van der Waals surface area contributed by atoms with Crippen molar-refractivity contribution in [2.75, 3.05) is 13.2 Å². The number of phenolic OH excluding ortho intramolecular Hbond substituents is 2. The van der Waals surface area contributed by atoms with Crippen LogP contribution in [-0.2, 0) is 9.47 Å². The normalized spacial score (nSPS) is 10.8. The van der Waals surface area contributed by atoms with E-state index in [1.54, 1.807) is 48.5 Å². The number of ether oxygens (including phenoxy) is 2. The first-order valence-corrected chi connectivity index (χ1v) is 16.2. The van der Waals surface area contributed by atoms with Crippen LogP contribution in [0, 0.1) is 0 Å². The van der Waals surface area contributed by atoms with E-state index in [1.165, 1.54) is 51.4 Å². The molecule has 0 aliphatic rings. The number of rotatable bonds is 16. The first-order valence-electron chi connectivity index (χ1n) is 16.2. The molecule has 236 valence electrons. The van der Waals surface area contributed by atoms with E-state index >= 15 is 0 Å². The van der Waals surface area contributed by atoms with Crippen LogP contribution in [0.2, 0.25) is 0 Å². The quantitative estimate of drug-likeness (QED) is 0.0575. The molecule has 44 heavy (non-hydrogen) atoms. The molecule has 6 nitrogen and oxygen atoms in total. The van der Waals surface area contributed by atoms with E-state index in [-0.39, 0.29) is 11.5 Å². The molecule has 0 spiro atoms. The molecule has 0 radical (unpaired) electrons. The van der Waals surface area contributed by atoms with Gasteiger partial charge in [-0.3, -0.25) is 0 Å². The smallest absolute Gasteiger partial charge is 0.339 e. The summed E-state index contributed by atoms with van der Waals surface area (Å²) in [5.41, 5.74) is 0.586. The predicted octanol–water partition coefficient (Wildman–Crippen LogP) is 10.1. The van der Waals surface area contributed by atoms with Gasteiger partial charge in [-0.15, -0.1) is 0 Å². The Bertz CT molecular complexity index is 1290. The standard InChI is InChI=1S/C24H38O4.C14H10O2/c1-3-5-7-9-11-15-19-27-23(25)21-17-13-14-18-22(21)24(26)28-20-16-12-10-8-6-4-2;15-13-9-5-1-2-6-10(9)14(16)12-8-4-3-7-11(12)13/h13-14,17-18H,3-12,15-16,19-20H2,1-2H3;1-8,15-16H. The van der Waals surface area contributed by atoms with Crippen molar-refractivity contribution in [1.82, 2.24) is 0 Å². The molecule has 0 atom stereocenters. The third kappa shape index (κ3) is 10.3. The highest BCUT2D eigenvalue weighted by molar-refractivity contribution is 6.10. The molecule has 4 aromatic rings. The molecule has 0 aromatic heterocycles. The number of phenols is 2. The second-order valence-electron chi connectivity index (χ2n) is 11.1. The van der Waals surface area contributed by atoms with Crippen molar-refractivity contribution in [1.29, 1.82) is 0 Å². The second-order valence-corrected chi connectivity index (χ2v) is 11.1.